The first-order valence-electron chi connectivity index (χ1n) is 8.37. The third-order valence-corrected chi connectivity index (χ3v) is 3.82. The number of hydrogen-bond acceptors (Lipinski definition) is 4. The van der Waals surface area contributed by atoms with Crippen LogP contribution in [0, 0.1) is 0 Å². The summed E-state index contributed by atoms with van der Waals surface area (Å²) >= 11 is 0. The van der Waals surface area contributed by atoms with E-state index in [2.05, 4.69) is 20.0 Å². The summed E-state index contributed by atoms with van der Waals surface area (Å²) in [5.74, 6) is -0.294. The Kier molecular flexibility index (Phi) is 6.08. The van der Waals surface area contributed by atoms with E-state index >= 15 is 0 Å². The molecule has 0 aromatic carbocycles. The van der Waals surface area contributed by atoms with Crippen molar-refractivity contribution in [2.45, 2.75) is 45.3 Å². The third-order valence-electron chi connectivity index (χ3n) is 3.82. The minimum Gasteiger partial charge on any atom is -0.483 e. The molecule has 0 saturated carbocycles. The van der Waals surface area contributed by atoms with E-state index in [9.17, 15) is 18.0 Å². The average Bonchev–Trinajstić information content (AvgIpc) is 2.59. The normalized spacial score (nSPS) is 13.1. The summed E-state index contributed by atoms with van der Waals surface area (Å²) in [6, 6.07) is 4.25. The van der Waals surface area contributed by atoms with Crippen LogP contribution in [0.1, 0.15) is 55.4 Å². The topological polar surface area (TPSA) is 64.1 Å². The van der Waals surface area contributed by atoms with Crippen molar-refractivity contribution in [3.8, 4) is 5.75 Å². The molecule has 5 nitrogen and oxygen atoms in total. The molecular weight excluding hydrogens is 359 g/mol. The molecule has 2 rings (SSSR count). The minimum absolute atomic E-state index is 0.0108. The van der Waals surface area contributed by atoms with Crippen LogP contribution in [0.15, 0.2) is 36.8 Å². The van der Waals surface area contributed by atoms with Gasteiger partial charge in [0.1, 0.15) is 5.75 Å². The van der Waals surface area contributed by atoms with E-state index in [1.807, 2.05) is 20.8 Å². The van der Waals surface area contributed by atoms with Crippen LogP contribution in [0.3, 0.4) is 0 Å². The number of halogens is 3. The molecule has 1 amide bonds. The number of nitrogens with zero attached hydrogens (tertiary/aromatic N) is 2. The Hall–Kier alpha value is -2.64. The van der Waals surface area contributed by atoms with Crippen LogP contribution in [0.2, 0.25) is 0 Å². The SMILES string of the molecule is C[C@@H](NC(=O)c1cncc(C(C)(C)C)c1)c1ccc(OCC(F)(F)F)cn1. The number of pyridine rings is 2. The Morgan fingerprint density at radius 2 is 1.89 bits per heavy atom. The van der Waals surface area contributed by atoms with E-state index < -0.39 is 18.8 Å². The minimum atomic E-state index is -4.41. The second kappa shape index (κ2) is 7.94. The lowest BCUT2D eigenvalue weighted by Gasteiger charge is -2.19. The highest BCUT2D eigenvalue weighted by Crippen LogP contribution is 2.22. The summed E-state index contributed by atoms with van der Waals surface area (Å²) in [6.07, 6.45) is 0.00130. The number of aromatic nitrogens is 2. The molecular formula is C19H22F3N3O2. The molecule has 2 aromatic heterocycles. The van der Waals surface area contributed by atoms with E-state index in [1.54, 1.807) is 19.2 Å². The van der Waals surface area contributed by atoms with Gasteiger partial charge >= 0.3 is 6.18 Å². The summed E-state index contributed by atoms with van der Waals surface area (Å²) in [4.78, 5) is 20.6. The highest BCUT2D eigenvalue weighted by molar-refractivity contribution is 5.94. The summed E-state index contributed by atoms with van der Waals surface area (Å²) in [6.45, 7) is 6.44. The van der Waals surface area contributed by atoms with Crippen LogP contribution in [0.25, 0.3) is 0 Å². The molecule has 0 spiro atoms. The van der Waals surface area contributed by atoms with Gasteiger partial charge in [-0.15, -0.1) is 0 Å². The fraction of sp³-hybridized carbons (Fsp3) is 0.421. The maximum Gasteiger partial charge on any atom is 0.422 e. The smallest absolute Gasteiger partial charge is 0.422 e. The molecule has 2 aromatic rings. The maximum absolute atomic E-state index is 12.5. The van der Waals surface area contributed by atoms with Crippen molar-refractivity contribution in [3.05, 3.63) is 53.6 Å². The van der Waals surface area contributed by atoms with Crippen LogP contribution in [-0.4, -0.2) is 28.7 Å². The molecule has 8 heteroatoms. The Labute approximate surface area is 156 Å². The molecule has 0 bridgehead atoms. The van der Waals surface area contributed by atoms with Crippen molar-refractivity contribution in [1.29, 1.82) is 0 Å². The van der Waals surface area contributed by atoms with E-state index in [0.29, 0.717) is 11.3 Å². The van der Waals surface area contributed by atoms with Crippen LogP contribution >= 0.6 is 0 Å². The largest absolute Gasteiger partial charge is 0.483 e. The Morgan fingerprint density at radius 3 is 2.44 bits per heavy atom. The van der Waals surface area contributed by atoms with Crippen molar-refractivity contribution in [3.63, 3.8) is 0 Å². The molecule has 0 aliphatic rings. The molecule has 0 aliphatic heterocycles. The molecule has 1 N–H and O–H groups in total. The van der Waals surface area contributed by atoms with E-state index in [0.717, 1.165) is 5.56 Å². The highest BCUT2D eigenvalue weighted by atomic mass is 19.4. The zero-order chi connectivity index (χ0) is 20.2. The molecule has 1 atom stereocenters. The molecule has 0 fully saturated rings. The van der Waals surface area contributed by atoms with E-state index in [-0.39, 0.29) is 17.1 Å². The summed E-state index contributed by atoms with van der Waals surface area (Å²) in [5, 5.41) is 2.80. The molecule has 27 heavy (non-hydrogen) atoms. The van der Waals surface area contributed by atoms with Crippen LogP contribution in [0.4, 0.5) is 13.2 Å². The zero-order valence-electron chi connectivity index (χ0n) is 15.6. The van der Waals surface area contributed by atoms with Gasteiger partial charge in [-0.1, -0.05) is 20.8 Å². The lowest BCUT2D eigenvalue weighted by Crippen LogP contribution is -2.28. The first-order chi connectivity index (χ1) is 12.5. The standard InChI is InChI=1S/C19H22F3N3O2/c1-12(16-6-5-15(10-24-16)27-11-19(20,21)22)25-17(26)13-7-14(9-23-8-13)18(2,3)4/h5-10,12H,11H2,1-4H3,(H,25,26)/t12-/m1/s1. The summed E-state index contributed by atoms with van der Waals surface area (Å²) in [7, 11) is 0. The molecule has 0 unspecified atom stereocenters. The van der Waals surface area contributed by atoms with Gasteiger partial charge in [0.15, 0.2) is 6.61 Å². The Morgan fingerprint density at radius 1 is 1.19 bits per heavy atom. The van der Waals surface area contributed by atoms with Crippen LogP contribution in [0.5, 0.6) is 5.75 Å². The fourth-order valence-electron chi connectivity index (χ4n) is 2.23. The number of amides is 1. The first kappa shape index (κ1) is 20.7. The van der Waals surface area contributed by atoms with Gasteiger partial charge in [0, 0.05) is 12.4 Å². The monoisotopic (exact) mass is 381 g/mol. The third kappa shape index (κ3) is 6.23. The molecule has 0 aliphatic carbocycles. The number of carbonyl (C=O) groups is 1. The molecule has 2 heterocycles. The van der Waals surface area contributed by atoms with Gasteiger partial charge in [-0.25, -0.2) is 0 Å². The molecule has 146 valence electrons. The Bertz CT molecular complexity index is 784. The number of carbonyl (C=O) groups excluding carboxylic acids is 1. The summed E-state index contributed by atoms with van der Waals surface area (Å²) in [5.41, 5.74) is 1.73. The van der Waals surface area contributed by atoms with Gasteiger partial charge < -0.3 is 10.1 Å². The first-order valence-corrected chi connectivity index (χ1v) is 8.37. The lowest BCUT2D eigenvalue weighted by molar-refractivity contribution is -0.153. The molecule has 0 radical (unpaired) electrons. The maximum atomic E-state index is 12.5. The van der Waals surface area contributed by atoms with Crippen molar-refractivity contribution < 1.29 is 22.7 Å². The van der Waals surface area contributed by atoms with Crippen molar-refractivity contribution in [1.82, 2.24) is 15.3 Å². The van der Waals surface area contributed by atoms with Crippen molar-refractivity contribution in [2.75, 3.05) is 6.61 Å². The quantitative estimate of drug-likeness (QED) is 0.843. The van der Waals surface area contributed by atoms with Crippen molar-refractivity contribution >= 4 is 5.91 Å². The number of nitrogens with one attached hydrogen (secondary N) is 1. The van der Waals surface area contributed by atoms with Crippen LogP contribution in [-0.2, 0) is 5.41 Å². The second-order valence-corrected chi connectivity index (χ2v) is 7.23. The van der Waals surface area contributed by atoms with Gasteiger partial charge in [-0.2, -0.15) is 13.2 Å². The van der Waals surface area contributed by atoms with Gasteiger partial charge in [0.05, 0.1) is 23.5 Å². The Balaban J connectivity index is 2.02. The van der Waals surface area contributed by atoms with E-state index in [4.69, 9.17) is 0 Å². The number of hydrogen-bond donors (Lipinski definition) is 1. The highest BCUT2D eigenvalue weighted by Gasteiger charge is 2.28. The second-order valence-electron chi connectivity index (χ2n) is 7.23. The number of alkyl halides is 3. The summed E-state index contributed by atoms with van der Waals surface area (Å²) < 4.78 is 41.1. The van der Waals surface area contributed by atoms with Gasteiger partial charge in [-0.3, -0.25) is 14.8 Å². The van der Waals surface area contributed by atoms with Crippen molar-refractivity contribution in [2.24, 2.45) is 0 Å². The number of ether oxygens (including phenoxy) is 1. The predicted octanol–water partition coefficient (Wildman–Crippen LogP) is 4.21. The predicted molar refractivity (Wildman–Crippen MR) is 94.6 cm³/mol. The molecule has 0 saturated heterocycles. The van der Waals surface area contributed by atoms with Crippen LogP contribution < -0.4 is 10.1 Å². The van der Waals surface area contributed by atoms with E-state index in [1.165, 1.54) is 24.5 Å². The average molecular weight is 381 g/mol. The van der Waals surface area contributed by atoms with Gasteiger partial charge in [-0.05, 0) is 36.1 Å². The zero-order valence-corrected chi connectivity index (χ0v) is 15.6. The fourth-order valence-corrected chi connectivity index (χ4v) is 2.23. The van der Waals surface area contributed by atoms with Gasteiger partial charge in [0.2, 0.25) is 0 Å². The number of rotatable bonds is 5. The van der Waals surface area contributed by atoms with Gasteiger partial charge in [0.25, 0.3) is 5.91 Å². The lowest BCUT2D eigenvalue weighted by atomic mass is 9.87.